The smallest absolute Gasteiger partial charge is 0.227 e. The normalized spacial score (nSPS) is 35.3. The Morgan fingerprint density at radius 1 is 1.21 bits per heavy atom. The van der Waals surface area contributed by atoms with Gasteiger partial charge in [-0.05, 0) is 31.7 Å². The molecule has 19 heavy (non-hydrogen) atoms. The highest BCUT2D eigenvalue weighted by molar-refractivity contribution is 5.80. The Kier molecular flexibility index (Phi) is 5.64. The van der Waals surface area contributed by atoms with Gasteiger partial charge in [-0.3, -0.25) is 4.79 Å². The Bertz CT molecular complexity index is 296. The SMILES string of the molecule is CCCNC1COCC1C(=O)NC1CCCCC1C. The molecule has 0 spiro atoms. The zero-order chi connectivity index (χ0) is 13.7. The van der Waals surface area contributed by atoms with Crippen LogP contribution in [0.3, 0.4) is 0 Å². The minimum absolute atomic E-state index is 0.0133. The maximum atomic E-state index is 12.4. The van der Waals surface area contributed by atoms with Gasteiger partial charge in [-0.1, -0.05) is 26.7 Å². The van der Waals surface area contributed by atoms with Crippen molar-refractivity contribution in [1.82, 2.24) is 10.6 Å². The fourth-order valence-electron chi connectivity index (χ4n) is 3.16. The van der Waals surface area contributed by atoms with Crippen LogP contribution >= 0.6 is 0 Å². The molecule has 0 aromatic heterocycles. The summed E-state index contributed by atoms with van der Waals surface area (Å²) in [6.07, 6.45) is 6.01. The van der Waals surface area contributed by atoms with E-state index in [4.69, 9.17) is 4.74 Å². The third-order valence-corrected chi connectivity index (χ3v) is 4.51. The van der Waals surface area contributed by atoms with Crippen LogP contribution in [0.25, 0.3) is 0 Å². The minimum atomic E-state index is -0.0133. The number of carbonyl (C=O) groups is 1. The number of hydrogen-bond donors (Lipinski definition) is 2. The molecule has 1 aliphatic heterocycles. The van der Waals surface area contributed by atoms with Crippen molar-refractivity contribution >= 4 is 5.91 Å². The van der Waals surface area contributed by atoms with E-state index in [0.29, 0.717) is 25.2 Å². The first-order chi connectivity index (χ1) is 9.22. The van der Waals surface area contributed by atoms with Crippen LogP contribution in [0.5, 0.6) is 0 Å². The van der Waals surface area contributed by atoms with Crippen molar-refractivity contribution in [3.05, 3.63) is 0 Å². The molecule has 2 fully saturated rings. The number of nitrogens with one attached hydrogen (secondary N) is 2. The summed E-state index contributed by atoms with van der Waals surface area (Å²) in [5, 5.41) is 6.68. The van der Waals surface area contributed by atoms with Crippen molar-refractivity contribution in [3.8, 4) is 0 Å². The van der Waals surface area contributed by atoms with Crippen LogP contribution in [0.4, 0.5) is 0 Å². The van der Waals surface area contributed by atoms with Crippen LogP contribution in [0.15, 0.2) is 0 Å². The van der Waals surface area contributed by atoms with E-state index in [1.807, 2.05) is 0 Å². The van der Waals surface area contributed by atoms with Gasteiger partial charge in [0.15, 0.2) is 0 Å². The number of carbonyl (C=O) groups excluding carboxylic acids is 1. The fraction of sp³-hybridized carbons (Fsp3) is 0.933. The molecule has 1 heterocycles. The molecule has 1 saturated heterocycles. The van der Waals surface area contributed by atoms with Crippen molar-refractivity contribution in [1.29, 1.82) is 0 Å². The Morgan fingerprint density at radius 3 is 2.74 bits per heavy atom. The van der Waals surface area contributed by atoms with E-state index in [2.05, 4.69) is 24.5 Å². The third kappa shape index (κ3) is 3.93. The van der Waals surface area contributed by atoms with Gasteiger partial charge >= 0.3 is 0 Å². The largest absolute Gasteiger partial charge is 0.379 e. The lowest BCUT2D eigenvalue weighted by molar-refractivity contribution is -0.126. The maximum absolute atomic E-state index is 12.4. The molecule has 4 atom stereocenters. The second-order valence-corrected chi connectivity index (χ2v) is 6.08. The Balaban J connectivity index is 1.84. The first kappa shape index (κ1) is 14.8. The summed E-state index contributed by atoms with van der Waals surface area (Å²) in [5.41, 5.74) is 0. The Labute approximate surface area is 116 Å². The highest BCUT2D eigenvalue weighted by Gasteiger charge is 2.35. The van der Waals surface area contributed by atoms with Gasteiger partial charge in [0.25, 0.3) is 0 Å². The van der Waals surface area contributed by atoms with E-state index >= 15 is 0 Å². The quantitative estimate of drug-likeness (QED) is 0.798. The molecule has 110 valence electrons. The second-order valence-electron chi connectivity index (χ2n) is 6.08. The molecule has 2 rings (SSSR count). The van der Waals surface area contributed by atoms with Gasteiger partial charge in [-0.25, -0.2) is 0 Å². The number of amides is 1. The summed E-state index contributed by atoms with van der Waals surface area (Å²) in [4.78, 5) is 12.4. The third-order valence-electron chi connectivity index (χ3n) is 4.51. The van der Waals surface area contributed by atoms with E-state index in [-0.39, 0.29) is 17.9 Å². The summed E-state index contributed by atoms with van der Waals surface area (Å²) in [6.45, 7) is 6.58. The van der Waals surface area contributed by atoms with E-state index in [9.17, 15) is 4.79 Å². The minimum Gasteiger partial charge on any atom is -0.379 e. The summed E-state index contributed by atoms with van der Waals surface area (Å²) in [6, 6.07) is 0.563. The maximum Gasteiger partial charge on any atom is 0.227 e. The molecule has 0 bridgehead atoms. The lowest BCUT2D eigenvalue weighted by Crippen LogP contribution is -2.49. The average Bonchev–Trinajstić information content (AvgIpc) is 2.87. The molecule has 0 aromatic carbocycles. The highest BCUT2D eigenvalue weighted by atomic mass is 16.5. The molecular weight excluding hydrogens is 240 g/mol. The zero-order valence-electron chi connectivity index (χ0n) is 12.3. The molecular formula is C15H28N2O2. The number of hydrogen-bond acceptors (Lipinski definition) is 3. The first-order valence-electron chi connectivity index (χ1n) is 7.84. The van der Waals surface area contributed by atoms with Gasteiger partial charge < -0.3 is 15.4 Å². The molecule has 2 N–H and O–H groups in total. The van der Waals surface area contributed by atoms with E-state index in [1.165, 1.54) is 19.3 Å². The van der Waals surface area contributed by atoms with Crippen LogP contribution in [0.2, 0.25) is 0 Å². The topological polar surface area (TPSA) is 50.4 Å². The lowest BCUT2D eigenvalue weighted by Gasteiger charge is -2.31. The van der Waals surface area contributed by atoms with Gasteiger partial charge in [0.1, 0.15) is 0 Å². The highest BCUT2D eigenvalue weighted by Crippen LogP contribution is 2.24. The zero-order valence-corrected chi connectivity index (χ0v) is 12.3. The van der Waals surface area contributed by atoms with Gasteiger partial charge in [0.2, 0.25) is 5.91 Å². The van der Waals surface area contributed by atoms with E-state index < -0.39 is 0 Å². The molecule has 4 nitrogen and oxygen atoms in total. The summed E-state index contributed by atoms with van der Waals surface area (Å²) in [7, 11) is 0. The predicted molar refractivity (Wildman–Crippen MR) is 76.0 cm³/mol. The Hall–Kier alpha value is -0.610. The number of ether oxygens (including phenoxy) is 1. The van der Waals surface area contributed by atoms with E-state index in [1.54, 1.807) is 0 Å². The fourth-order valence-corrected chi connectivity index (χ4v) is 3.16. The van der Waals surface area contributed by atoms with Crippen LogP contribution in [-0.4, -0.2) is 37.7 Å². The molecule has 4 heteroatoms. The standard InChI is InChI=1S/C15H28N2O2/c1-3-8-16-14-10-19-9-12(14)15(18)17-13-7-5-4-6-11(13)2/h11-14,16H,3-10H2,1-2H3,(H,17,18). The molecule has 1 aliphatic carbocycles. The molecule has 0 aromatic rings. The number of rotatable bonds is 5. The predicted octanol–water partition coefficient (Wildman–Crippen LogP) is 1.70. The van der Waals surface area contributed by atoms with Gasteiger partial charge in [0, 0.05) is 12.1 Å². The van der Waals surface area contributed by atoms with Gasteiger partial charge in [0.05, 0.1) is 19.1 Å². The lowest BCUT2D eigenvalue weighted by atomic mass is 9.85. The van der Waals surface area contributed by atoms with Crippen molar-refractivity contribution in [2.24, 2.45) is 11.8 Å². The van der Waals surface area contributed by atoms with Gasteiger partial charge in [-0.2, -0.15) is 0 Å². The summed E-state index contributed by atoms with van der Waals surface area (Å²) < 4.78 is 5.48. The molecule has 2 aliphatic rings. The van der Waals surface area contributed by atoms with Crippen LogP contribution < -0.4 is 10.6 Å². The molecule has 4 unspecified atom stereocenters. The van der Waals surface area contributed by atoms with Crippen LogP contribution in [0, 0.1) is 11.8 Å². The van der Waals surface area contributed by atoms with E-state index in [0.717, 1.165) is 19.4 Å². The van der Waals surface area contributed by atoms with Crippen LogP contribution in [0.1, 0.15) is 46.0 Å². The molecule has 1 amide bonds. The summed E-state index contributed by atoms with van der Waals surface area (Å²) in [5.74, 6) is 0.785. The van der Waals surface area contributed by atoms with Gasteiger partial charge in [-0.15, -0.1) is 0 Å². The monoisotopic (exact) mass is 268 g/mol. The second kappa shape index (κ2) is 7.25. The molecule has 1 saturated carbocycles. The average molecular weight is 268 g/mol. The van der Waals surface area contributed by atoms with Crippen molar-refractivity contribution in [2.45, 2.75) is 58.0 Å². The summed E-state index contributed by atoms with van der Waals surface area (Å²) >= 11 is 0. The Morgan fingerprint density at radius 2 is 2.00 bits per heavy atom. The van der Waals surface area contributed by atoms with Crippen molar-refractivity contribution in [2.75, 3.05) is 19.8 Å². The van der Waals surface area contributed by atoms with Crippen molar-refractivity contribution in [3.63, 3.8) is 0 Å². The van der Waals surface area contributed by atoms with Crippen LogP contribution in [-0.2, 0) is 9.53 Å². The first-order valence-corrected chi connectivity index (χ1v) is 7.84. The van der Waals surface area contributed by atoms with Crippen molar-refractivity contribution < 1.29 is 9.53 Å². The molecule has 0 radical (unpaired) electrons.